The van der Waals surface area contributed by atoms with Crippen molar-refractivity contribution in [1.29, 1.82) is 0 Å². The summed E-state index contributed by atoms with van der Waals surface area (Å²) in [5, 5.41) is 11.9. The number of rotatable bonds is 5. The molecule has 17 heavy (non-hydrogen) atoms. The van der Waals surface area contributed by atoms with Gasteiger partial charge in [0.05, 0.1) is 5.56 Å². The molecule has 0 saturated carbocycles. The molecule has 1 amide bonds. The SMILES string of the molecule is CC[C@H](NC(=O)c1cccnc1SC)C(=O)O. The molecule has 1 atom stereocenters. The number of carboxylic acids is 1. The van der Waals surface area contributed by atoms with E-state index in [1.165, 1.54) is 11.8 Å². The second-order valence-corrected chi connectivity index (χ2v) is 4.13. The first-order chi connectivity index (χ1) is 8.10. The Morgan fingerprint density at radius 3 is 2.82 bits per heavy atom. The number of aromatic nitrogens is 1. The molecular formula is C11H14N2O3S. The molecule has 1 aromatic heterocycles. The number of amides is 1. The lowest BCUT2D eigenvalue weighted by molar-refractivity contribution is -0.139. The van der Waals surface area contributed by atoms with Gasteiger partial charge in [-0.25, -0.2) is 9.78 Å². The topological polar surface area (TPSA) is 79.3 Å². The lowest BCUT2D eigenvalue weighted by Gasteiger charge is -2.13. The summed E-state index contributed by atoms with van der Waals surface area (Å²) in [7, 11) is 0. The van der Waals surface area contributed by atoms with Gasteiger partial charge in [-0.05, 0) is 24.8 Å². The number of hydrogen-bond donors (Lipinski definition) is 2. The van der Waals surface area contributed by atoms with E-state index < -0.39 is 17.9 Å². The van der Waals surface area contributed by atoms with Crippen molar-refractivity contribution in [3.8, 4) is 0 Å². The molecule has 6 heteroatoms. The molecule has 2 N–H and O–H groups in total. The zero-order chi connectivity index (χ0) is 12.8. The van der Waals surface area contributed by atoms with Crippen LogP contribution in [0.15, 0.2) is 23.4 Å². The van der Waals surface area contributed by atoms with Gasteiger partial charge in [0, 0.05) is 6.20 Å². The van der Waals surface area contributed by atoms with Crippen molar-refractivity contribution in [2.24, 2.45) is 0 Å². The van der Waals surface area contributed by atoms with Gasteiger partial charge in [0.15, 0.2) is 0 Å². The number of hydrogen-bond acceptors (Lipinski definition) is 4. The lowest BCUT2D eigenvalue weighted by Crippen LogP contribution is -2.40. The molecule has 0 aliphatic heterocycles. The average Bonchev–Trinajstić information content (AvgIpc) is 2.35. The Bertz CT molecular complexity index is 423. The Morgan fingerprint density at radius 1 is 1.59 bits per heavy atom. The van der Waals surface area contributed by atoms with Crippen LogP contribution in [-0.4, -0.2) is 34.3 Å². The summed E-state index contributed by atoms with van der Waals surface area (Å²) in [4.78, 5) is 26.7. The van der Waals surface area contributed by atoms with Crippen molar-refractivity contribution in [1.82, 2.24) is 10.3 Å². The van der Waals surface area contributed by atoms with Crippen LogP contribution in [0.4, 0.5) is 0 Å². The Labute approximate surface area is 104 Å². The van der Waals surface area contributed by atoms with Crippen LogP contribution in [0.25, 0.3) is 0 Å². The fraction of sp³-hybridized carbons (Fsp3) is 0.364. The van der Waals surface area contributed by atoms with Crippen LogP contribution in [0.5, 0.6) is 0 Å². The summed E-state index contributed by atoms with van der Waals surface area (Å²) >= 11 is 1.35. The number of carboxylic acid groups (broad SMARTS) is 1. The summed E-state index contributed by atoms with van der Waals surface area (Å²) in [5.74, 6) is -1.44. The highest BCUT2D eigenvalue weighted by atomic mass is 32.2. The van der Waals surface area contributed by atoms with Crippen LogP contribution in [-0.2, 0) is 4.79 Å². The van der Waals surface area contributed by atoms with Crippen molar-refractivity contribution < 1.29 is 14.7 Å². The minimum Gasteiger partial charge on any atom is -0.480 e. The van der Waals surface area contributed by atoms with E-state index in [4.69, 9.17) is 5.11 Å². The number of thioether (sulfide) groups is 1. The number of aliphatic carboxylic acids is 1. The normalized spacial score (nSPS) is 11.9. The van der Waals surface area contributed by atoms with E-state index in [9.17, 15) is 9.59 Å². The predicted molar refractivity (Wildman–Crippen MR) is 65.2 cm³/mol. The molecule has 5 nitrogen and oxygen atoms in total. The molecule has 1 rings (SSSR count). The van der Waals surface area contributed by atoms with Gasteiger partial charge in [0.2, 0.25) is 0 Å². The van der Waals surface area contributed by atoms with Gasteiger partial charge in [-0.3, -0.25) is 4.79 Å². The average molecular weight is 254 g/mol. The standard InChI is InChI=1S/C11H14N2O3S/c1-3-8(11(15)16)13-9(14)7-5-4-6-12-10(7)17-2/h4-6,8H,3H2,1-2H3,(H,13,14)(H,15,16)/t8-/m0/s1. The molecule has 0 saturated heterocycles. The number of nitrogens with zero attached hydrogens (tertiary/aromatic N) is 1. The second-order valence-electron chi connectivity index (χ2n) is 3.33. The van der Waals surface area contributed by atoms with Crippen molar-refractivity contribution in [3.63, 3.8) is 0 Å². The van der Waals surface area contributed by atoms with E-state index in [1.54, 1.807) is 25.3 Å². The fourth-order valence-corrected chi connectivity index (χ4v) is 1.85. The number of carbonyl (C=O) groups excluding carboxylic acids is 1. The minimum absolute atomic E-state index is 0.343. The smallest absolute Gasteiger partial charge is 0.326 e. The molecular weight excluding hydrogens is 240 g/mol. The molecule has 0 spiro atoms. The fourth-order valence-electron chi connectivity index (χ4n) is 1.30. The molecule has 1 aromatic rings. The highest BCUT2D eigenvalue weighted by molar-refractivity contribution is 7.98. The molecule has 0 bridgehead atoms. The van der Waals surface area contributed by atoms with Crippen LogP contribution < -0.4 is 5.32 Å². The first kappa shape index (κ1) is 13.5. The maximum atomic E-state index is 11.9. The van der Waals surface area contributed by atoms with Gasteiger partial charge in [0.1, 0.15) is 11.1 Å². The maximum Gasteiger partial charge on any atom is 0.326 e. The Hall–Kier alpha value is -1.56. The third-order valence-electron chi connectivity index (χ3n) is 2.22. The van der Waals surface area contributed by atoms with Crippen LogP contribution in [0.1, 0.15) is 23.7 Å². The van der Waals surface area contributed by atoms with Gasteiger partial charge in [-0.15, -0.1) is 11.8 Å². The molecule has 0 unspecified atom stereocenters. The summed E-state index contributed by atoms with van der Waals surface area (Å²) in [5.41, 5.74) is 0.403. The highest BCUT2D eigenvalue weighted by Crippen LogP contribution is 2.16. The van der Waals surface area contributed by atoms with E-state index in [2.05, 4.69) is 10.3 Å². The quantitative estimate of drug-likeness (QED) is 0.776. The third kappa shape index (κ3) is 3.45. The van der Waals surface area contributed by atoms with E-state index in [1.807, 2.05) is 6.26 Å². The number of nitrogens with one attached hydrogen (secondary N) is 1. The zero-order valence-corrected chi connectivity index (χ0v) is 10.5. The predicted octanol–water partition coefficient (Wildman–Crippen LogP) is 1.40. The molecule has 92 valence electrons. The van der Waals surface area contributed by atoms with E-state index in [0.29, 0.717) is 17.0 Å². The molecule has 0 fully saturated rings. The summed E-state index contributed by atoms with van der Waals surface area (Å²) in [6.45, 7) is 1.71. The molecule has 0 aliphatic rings. The van der Waals surface area contributed by atoms with Crippen LogP contribution >= 0.6 is 11.8 Å². The third-order valence-corrected chi connectivity index (χ3v) is 2.93. The van der Waals surface area contributed by atoms with Crippen molar-refractivity contribution in [2.75, 3.05) is 6.26 Å². The second kappa shape index (κ2) is 6.24. The summed E-state index contributed by atoms with van der Waals surface area (Å²) in [6.07, 6.45) is 3.75. The van der Waals surface area contributed by atoms with Crippen LogP contribution in [0, 0.1) is 0 Å². The first-order valence-electron chi connectivity index (χ1n) is 5.12. The highest BCUT2D eigenvalue weighted by Gasteiger charge is 2.20. The zero-order valence-electron chi connectivity index (χ0n) is 9.64. The number of pyridine rings is 1. The minimum atomic E-state index is -1.03. The van der Waals surface area contributed by atoms with Gasteiger partial charge < -0.3 is 10.4 Å². The molecule has 0 aromatic carbocycles. The molecule has 0 radical (unpaired) electrons. The Balaban J connectivity index is 2.86. The van der Waals surface area contributed by atoms with Crippen LogP contribution in [0.2, 0.25) is 0 Å². The van der Waals surface area contributed by atoms with Crippen molar-refractivity contribution in [2.45, 2.75) is 24.4 Å². The largest absolute Gasteiger partial charge is 0.480 e. The van der Waals surface area contributed by atoms with Gasteiger partial charge >= 0.3 is 5.97 Å². The van der Waals surface area contributed by atoms with Gasteiger partial charge in [-0.2, -0.15) is 0 Å². The van der Waals surface area contributed by atoms with E-state index in [0.717, 1.165) is 0 Å². The Kier molecular flexibility index (Phi) is 4.96. The van der Waals surface area contributed by atoms with Crippen LogP contribution in [0.3, 0.4) is 0 Å². The van der Waals surface area contributed by atoms with Gasteiger partial charge in [0.25, 0.3) is 5.91 Å². The van der Waals surface area contributed by atoms with Crippen molar-refractivity contribution >= 4 is 23.6 Å². The Morgan fingerprint density at radius 2 is 2.29 bits per heavy atom. The van der Waals surface area contributed by atoms with Crippen molar-refractivity contribution in [3.05, 3.63) is 23.9 Å². The van der Waals surface area contributed by atoms with E-state index in [-0.39, 0.29) is 0 Å². The monoisotopic (exact) mass is 254 g/mol. The summed E-state index contributed by atoms with van der Waals surface area (Å²) in [6, 6.07) is 2.41. The molecule has 0 aliphatic carbocycles. The number of carbonyl (C=O) groups is 2. The summed E-state index contributed by atoms with van der Waals surface area (Å²) < 4.78 is 0. The molecule has 1 heterocycles. The first-order valence-corrected chi connectivity index (χ1v) is 6.35. The van der Waals surface area contributed by atoms with E-state index >= 15 is 0 Å². The van der Waals surface area contributed by atoms with Gasteiger partial charge in [-0.1, -0.05) is 6.92 Å². The lowest BCUT2D eigenvalue weighted by atomic mass is 10.2. The maximum absolute atomic E-state index is 11.9.